The van der Waals surface area contributed by atoms with Crippen LogP contribution >= 0.6 is 11.6 Å². The predicted octanol–water partition coefficient (Wildman–Crippen LogP) is 4.20. The normalized spacial score (nSPS) is 10.5. The standard InChI is InChI=1S/C17H16ClN3/c18-15-6-4-5-14(11-15)13-21-10-9-19-17(21)12-20-16-7-2-1-3-8-16/h1-11,20H,12-13H2. The number of nitrogens with zero attached hydrogens (tertiary/aromatic N) is 2. The van der Waals surface area contributed by atoms with Crippen LogP contribution in [-0.2, 0) is 13.1 Å². The van der Waals surface area contributed by atoms with Gasteiger partial charge in [-0.2, -0.15) is 0 Å². The number of hydrogen-bond donors (Lipinski definition) is 1. The fraction of sp³-hybridized carbons (Fsp3) is 0.118. The van der Waals surface area contributed by atoms with Gasteiger partial charge in [0.1, 0.15) is 5.82 Å². The zero-order chi connectivity index (χ0) is 14.5. The molecule has 1 heterocycles. The summed E-state index contributed by atoms with van der Waals surface area (Å²) in [6.07, 6.45) is 3.81. The number of nitrogens with one attached hydrogen (secondary N) is 1. The molecule has 0 saturated heterocycles. The van der Waals surface area contributed by atoms with Gasteiger partial charge >= 0.3 is 0 Å². The highest BCUT2D eigenvalue weighted by molar-refractivity contribution is 6.30. The van der Waals surface area contributed by atoms with Gasteiger partial charge in [-0.25, -0.2) is 4.98 Å². The quantitative estimate of drug-likeness (QED) is 0.765. The van der Waals surface area contributed by atoms with Gasteiger partial charge in [0.15, 0.2) is 0 Å². The van der Waals surface area contributed by atoms with Crippen molar-refractivity contribution < 1.29 is 0 Å². The highest BCUT2D eigenvalue weighted by atomic mass is 35.5. The van der Waals surface area contributed by atoms with Gasteiger partial charge in [-0.3, -0.25) is 0 Å². The van der Waals surface area contributed by atoms with E-state index in [0.717, 1.165) is 23.1 Å². The summed E-state index contributed by atoms with van der Waals surface area (Å²) in [5.74, 6) is 0.999. The minimum absolute atomic E-state index is 0.692. The van der Waals surface area contributed by atoms with E-state index in [4.69, 9.17) is 11.6 Å². The van der Waals surface area contributed by atoms with Crippen LogP contribution in [-0.4, -0.2) is 9.55 Å². The average molecular weight is 298 g/mol. The summed E-state index contributed by atoms with van der Waals surface area (Å²) in [5, 5.41) is 4.14. The molecule has 0 fully saturated rings. The lowest BCUT2D eigenvalue weighted by atomic mass is 10.2. The van der Waals surface area contributed by atoms with E-state index >= 15 is 0 Å². The van der Waals surface area contributed by atoms with Crippen LogP contribution in [0.4, 0.5) is 5.69 Å². The van der Waals surface area contributed by atoms with E-state index in [1.807, 2.05) is 60.9 Å². The van der Waals surface area contributed by atoms with Crippen LogP contribution < -0.4 is 5.32 Å². The fourth-order valence-corrected chi connectivity index (χ4v) is 2.43. The molecule has 3 aromatic rings. The molecular weight excluding hydrogens is 282 g/mol. The van der Waals surface area contributed by atoms with Crippen molar-refractivity contribution in [1.82, 2.24) is 9.55 Å². The lowest BCUT2D eigenvalue weighted by molar-refractivity contribution is 0.735. The maximum atomic E-state index is 6.03. The maximum Gasteiger partial charge on any atom is 0.128 e. The van der Waals surface area contributed by atoms with Gasteiger partial charge < -0.3 is 9.88 Å². The molecule has 0 aliphatic rings. The number of halogens is 1. The Balaban J connectivity index is 1.69. The van der Waals surface area contributed by atoms with Crippen LogP contribution in [0.1, 0.15) is 11.4 Å². The molecule has 21 heavy (non-hydrogen) atoms. The van der Waals surface area contributed by atoms with E-state index in [9.17, 15) is 0 Å². The molecule has 0 aliphatic heterocycles. The van der Waals surface area contributed by atoms with Crippen LogP contribution in [0.5, 0.6) is 0 Å². The van der Waals surface area contributed by atoms with Crippen molar-refractivity contribution in [2.24, 2.45) is 0 Å². The Bertz CT molecular complexity index is 707. The van der Waals surface area contributed by atoms with E-state index in [0.29, 0.717) is 6.54 Å². The zero-order valence-corrected chi connectivity index (χ0v) is 12.3. The first-order chi connectivity index (χ1) is 10.3. The van der Waals surface area contributed by atoms with E-state index in [2.05, 4.69) is 20.9 Å². The summed E-state index contributed by atoms with van der Waals surface area (Å²) in [6, 6.07) is 18.0. The summed E-state index contributed by atoms with van der Waals surface area (Å²) >= 11 is 6.03. The van der Waals surface area contributed by atoms with Crippen molar-refractivity contribution in [1.29, 1.82) is 0 Å². The highest BCUT2D eigenvalue weighted by Crippen LogP contribution is 2.13. The first kappa shape index (κ1) is 13.7. The molecule has 0 spiro atoms. The summed E-state index contributed by atoms with van der Waals surface area (Å²) in [5.41, 5.74) is 2.26. The van der Waals surface area contributed by atoms with Crippen molar-refractivity contribution in [3.63, 3.8) is 0 Å². The van der Waals surface area contributed by atoms with Gasteiger partial charge in [0.25, 0.3) is 0 Å². The molecule has 0 bridgehead atoms. The van der Waals surface area contributed by atoms with Crippen LogP contribution in [0.2, 0.25) is 5.02 Å². The molecule has 0 amide bonds. The van der Waals surface area contributed by atoms with Crippen LogP contribution in [0.15, 0.2) is 67.0 Å². The Morgan fingerprint density at radius 1 is 1.05 bits per heavy atom. The molecule has 2 aromatic carbocycles. The second-order valence-corrected chi connectivity index (χ2v) is 5.26. The van der Waals surface area contributed by atoms with Crippen LogP contribution in [0.3, 0.4) is 0 Å². The number of aromatic nitrogens is 2. The van der Waals surface area contributed by atoms with Gasteiger partial charge in [0, 0.05) is 29.6 Å². The van der Waals surface area contributed by atoms with Crippen LogP contribution in [0.25, 0.3) is 0 Å². The van der Waals surface area contributed by atoms with Gasteiger partial charge in [-0.1, -0.05) is 41.9 Å². The van der Waals surface area contributed by atoms with Gasteiger partial charge in [-0.05, 0) is 29.8 Å². The van der Waals surface area contributed by atoms with Crippen molar-refractivity contribution in [3.05, 3.63) is 83.4 Å². The number of hydrogen-bond acceptors (Lipinski definition) is 2. The third-order valence-corrected chi connectivity index (χ3v) is 3.50. The molecule has 3 nitrogen and oxygen atoms in total. The minimum atomic E-state index is 0.692. The molecule has 0 atom stereocenters. The molecule has 4 heteroatoms. The lowest BCUT2D eigenvalue weighted by Crippen LogP contribution is -2.09. The summed E-state index contributed by atoms with van der Waals surface area (Å²) < 4.78 is 2.13. The second-order valence-electron chi connectivity index (χ2n) is 4.82. The predicted molar refractivity (Wildman–Crippen MR) is 86.5 cm³/mol. The third kappa shape index (κ3) is 3.64. The summed E-state index contributed by atoms with van der Waals surface area (Å²) in [7, 11) is 0. The van der Waals surface area contributed by atoms with Crippen LogP contribution in [0, 0.1) is 0 Å². The fourth-order valence-electron chi connectivity index (χ4n) is 2.22. The van der Waals surface area contributed by atoms with Gasteiger partial charge in [-0.15, -0.1) is 0 Å². The van der Waals surface area contributed by atoms with E-state index in [-0.39, 0.29) is 0 Å². The minimum Gasteiger partial charge on any atom is -0.378 e. The lowest BCUT2D eigenvalue weighted by Gasteiger charge is -2.10. The molecular formula is C17H16ClN3. The number of imidazole rings is 1. The maximum absolute atomic E-state index is 6.03. The van der Waals surface area contributed by atoms with E-state index in [1.165, 1.54) is 5.56 Å². The number of rotatable bonds is 5. The van der Waals surface area contributed by atoms with Crippen molar-refractivity contribution in [2.45, 2.75) is 13.1 Å². The molecule has 0 unspecified atom stereocenters. The Hall–Kier alpha value is -2.26. The third-order valence-electron chi connectivity index (χ3n) is 3.27. The monoisotopic (exact) mass is 297 g/mol. The molecule has 1 aromatic heterocycles. The number of para-hydroxylation sites is 1. The SMILES string of the molecule is Clc1cccc(Cn2ccnc2CNc2ccccc2)c1. The topological polar surface area (TPSA) is 29.9 Å². The molecule has 3 rings (SSSR count). The zero-order valence-electron chi connectivity index (χ0n) is 11.5. The Kier molecular flexibility index (Phi) is 4.22. The van der Waals surface area contributed by atoms with E-state index in [1.54, 1.807) is 0 Å². The summed E-state index contributed by atoms with van der Waals surface area (Å²) in [4.78, 5) is 4.42. The van der Waals surface area contributed by atoms with Crippen molar-refractivity contribution >= 4 is 17.3 Å². The summed E-state index contributed by atoms with van der Waals surface area (Å²) in [6.45, 7) is 1.46. The van der Waals surface area contributed by atoms with Crippen molar-refractivity contribution in [3.8, 4) is 0 Å². The van der Waals surface area contributed by atoms with E-state index < -0.39 is 0 Å². The molecule has 0 aliphatic carbocycles. The Morgan fingerprint density at radius 2 is 1.90 bits per heavy atom. The number of anilines is 1. The van der Waals surface area contributed by atoms with Gasteiger partial charge in [0.05, 0.1) is 6.54 Å². The molecule has 1 N–H and O–H groups in total. The Morgan fingerprint density at radius 3 is 2.71 bits per heavy atom. The smallest absolute Gasteiger partial charge is 0.128 e. The molecule has 0 saturated carbocycles. The molecule has 0 radical (unpaired) electrons. The van der Waals surface area contributed by atoms with Gasteiger partial charge in [0.2, 0.25) is 0 Å². The average Bonchev–Trinajstić information content (AvgIpc) is 2.93. The highest BCUT2D eigenvalue weighted by Gasteiger charge is 2.04. The first-order valence-corrected chi connectivity index (χ1v) is 7.22. The second kappa shape index (κ2) is 6.46. The number of benzene rings is 2. The molecule has 106 valence electrons. The van der Waals surface area contributed by atoms with Crippen molar-refractivity contribution in [2.75, 3.05) is 5.32 Å². The Labute approximate surface area is 129 Å². The largest absolute Gasteiger partial charge is 0.378 e. The first-order valence-electron chi connectivity index (χ1n) is 6.84.